The highest BCUT2D eigenvalue weighted by molar-refractivity contribution is 6.32. The molecule has 0 saturated carbocycles. The van der Waals surface area contributed by atoms with E-state index in [0.717, 1.165) is 17.9 Å². The number of rotatable bonds is 7. The zero-order chi connectivity index (χ0) is 15.2. The largest absolute Gasteiger partial charge is 0.493 e. The number of imidazole rings is 1. The first-order chi connectivity index (χ1) is 10.2. The van der Waals surface area contributed by atoms with Gasteiger partial charge in [0.05, 0.1) is 18.7 Å². The van der Waals surface area contributed by atoms with Gasteiger partial charge in [0.1, 0.15) is 12.4 Å². The third kappa shape index (κ3) is 3.89. The molecule has 0 bridgehead atoms. The highest BCUT2D eigenvalue weighted by atomic mass is 35.5. The third-order valence-electron chi connectivity index (χ3n) is 3.17. The minimum absolute atomic E-state index is 0.499. The maximum atomic E-state index is 6.29. The van der Waals surface area contributed by atoms with Crippen molar-refractivity contribution in [3.63, 3.8) is 0 Å². The zero-order valence-corrected chi connectivity index (χ0v) is 13.3. The van der Waals surface area contributed by atoms with Gasteiger partial charge in [0.2, 0.25) is 0 Å². The van der Waals surface area contributed by atoms with Gasteiger partial charge in [0.15, 0.2) is 11.5 Å². The van der Waals surface area contributed by atoms with Gasteiger partial charge in [-0.1, -0.05) is 11.6 Å². The average molecular weight is 310 g/mol. The summed E-state index contributed by atoms with van der Waals surface area (Å²) < 4.78 is 13.2. The van der Waals surface area contributed by atoms with Crippen LogP contribution < -0.4 is 14.8 Å². The van der Waals surface area contributed by atoms with Crippen molar-refractivity contribution in [2.45, 2.75) is 20.0 Å². The summed E-state index contributed by atoms with van der Waals surface area (Å²) in [7, 11) is 3.50. The van der Waals surface area contributed by atoms with E-state index in [9.17, 15) is 0 Å². The topological polar surface area (TPSA) is 48.3 Å². The monoisotopic (exact) mass is 309 g/mol. The predicted molar refractivity (Wildman–Crippen MR) is 83.2 cm³/mol. The lowest BCUT2D eigenvalue weighted by Gasteiger charge is -2.14. The molecule has 2 rings (SSSR count). The van der Waals surface area contributed by atoms with E-state index in [-0.39, 0.29) is 0 Å². The van der Waals surface area contributed by atoms with Crippen LogP contribution in [0.15, 0.2) is 24.5 Å². The first-order valence-electron chi connectivity index (χ1n) is 6.77. The Labute approximate surface area is 129 Å². The fourth-order valence-electron chi connectivity index (χ4n) is 2.11. The number of benzene rings is 1. The molecule has 1 aromatic heterocycles. The second-order valence-corrected chi connectivity index (χ2v) is 5.06. The summed E-state index contributed by atoms with van der Waals surface area (Å²) in [4.78, 5) is 4.18. The highest BCUT2D eigenvalue weighted by Gasteiger charge is 2.12. The van der Waals surface area contributed by atoms with Gasteiger partial charge in [-0.15, -0.1) is 0 Å². The van der Waals surface area contributed by atoms with Gasteiger partial charge in [-0.25, -0.2) is 4.98 Å². The minimum Gasteiger partial charge on any atom is -0.493 e. The molecule has 0 saturated heterocycles. The third-order valence-corrected chi connectivity index (χ3v) is 3.45. The molecule has 0 spiro atoms. The predicted octanol–water partition coefficient (Wildman–Crippen LogP) is 2.65. The van der Waals surface area contributed by atoms with Crippen molar-refractivity contribution in [1.82, 2.24) is 14.9 Å². The van der Waals surface area contributed by atoms with E-state index in [1.165, 1.54) is 0 Å². The van der Waals surface area contributed by atoms with Crippen molar-refractivity contribution in [3.8, 4) is 11.5 Å². The number of aryl methyl sites for hydroxylation is 1. The lowest BCUT2D eigenvalue weighted by Crippen LogP contribution is -2.10. The van der Waals surface area contributed by atoms with E-state index in [2.05, 4.69) is 10.3 Å². The Morgan fingerprint density at radius 3 is 2.81 bits per heavy atom. The Bertz CT molecular complexity index is 599. The molecule has 0 aliphatic heterocycles. The summed E-state index contributed by atoms with van der Waals surface area (Å²) in [5.41, 5.74) is 1.05. The Morgan fingerprint density at radius 2 is 2.19 bits per heavy atom. The van der Waals surface area contributed by atoms with Gasteiger partial charge in [0, 0.05) is 18.9 Å². The molecule has 6 heteroatoms. The van der Waals surface area contributed by atoms with Crippen LogP contribution in [0.5, 0.6) is 11.5 Å². The van der Waals surface area contributed by atoms with Crippen LogP contribution >= 0.6 is 11.6 Å². The van der Waals surface area contributed by atoms with Crippen LogP contribution in [0.2, 0.25) is 5.02 Å². The Balaban J connectivity index is 2.06. The Kier molecular flexibility index (Phi) is 5.47. The second kappa shape index (κ2) is 7.33. The number of hydrogen-bond donors (Lipinski definition) is 1. The first kappa shape index (κ1) is 15.7. The van der Waals surface area contributed by atoms with Crippen LogP contribution in [0.3, 0.4) is 0 Å². The molecule has 1 aromatic carbocycles. The van der Waals surface area contributed by atoms with Gasteiger partial charge in [-0.3, -0.25) is 0 Å². The molecule has 0 atom stereocenters. The summed E-state index contributed by atoms with van der Waals surface area (Å²) in [6, 6.07) is 3.82. The zero-order valence-electron chi connectivity index (χ0n) is 12.5. The summed E-state index contributed by atoms with van der Waals surface area (Å²) in [6.07, 6.45) is 3.70. The fraction of sp³-hybridized carbons (Fsp3) is 0.400. The van der Waals surface area contributed by atoms with Crippen LogP contribution in [0, 0.1) is 6.92 Å². The molecule has 114 valence electrons. The molecule has 0 fully saturated rings. The van der Waals surface area contributed by atoms with E-state index in [0.29, 0.717) is 29.7 Å². The Morgan fingerprint density at radius 1 is 1.38 bits per heavy atom. The van der Waals surface area contributed by atoms with Gasteiger partial charge in [-0.2, -0.15) is 0 Å². The molecule has 1 heterocycles. The van der Waals surface area contributed by atoms with Crippen molar-refractivity contribution in [2.75, 3.05) is 20.8 Å². The fourth-order valence-corrected chi connectivity index (χ4v) is 2.39. The van der Waals surface area contributed by atoms with Crippen LogP contribution in [0.25, 0.3) is 0 Å². The van der Waals surface area contributed by atoms with Crippen molar-refractivity contribution in [3.05, 3.63) is 40.9 Å². The lowest BCUT2D eigenvalue weighted by atomic mass is 10.2. The Hall–Kier alpha value is -1.72. The van der Waals surface area contributed by atoms with E-state index in [1.54, 1.807) is 13.3 Å². The summed E-state index contributed by atoms with van der Waals surface area (Å²) >= 11 is 6.29. The van der Waals surface area contributed by atoms with E-state index < -0.39 is 0 Å². The summed E-state index contributed by atoms with van der Waals surface area (Å²) in [5, 5.41) is 3.64. The number of ether oxygens (including phenoxy) is 2. The normalized spacial score (nSPS) is 10.7. The number of nitrogens with one attached hydrogen (secondary N) is 1. The number of nitrogens with zero attached hydrogens (tertiary/aromatic N) is 2. The standard InChI is InChI=1S/C15H20ClN3O2/c1-11-18-4-5-19(11)6-7-21-15-13(16)8-12(10-17-2)9-14(15)20-3/h4-5,8-9,17H,6-7,10H2,1-3H3. The number of methoxy groups -OCH3 is 1. The molecule has 1 N–H and O–H groups in total. The summed E-state index contributed by atoms with van der Waals surface area (Å²) in [6.45, 7) is 3.90. The SMILES string of the molecule is CNCc1cc(Cl)c(OCCn2ccnc2C)c(OC)c1. The van der Waals surface area contributed by atoms with Crippen LogP contribution in [-0.4, -0.2) is 30.3 Å². The van der Waals surface area contributed by atoms with Gasteiger partial charge >= 0.3 is 0 Å². The van der Waals surface area contributed by atoms with Crippen LogP contribution in [-0.2, 0) is 13.1 Å². The molecule has 5 nitrogen and oxygen atoms in total. The molecule has 2 aromatic rings. The van der Waals surface area contributed by atoms with Crippen LogP contribution in [0.4, 0.5) is 0 Å². The summed E-state index contributed by atoms with van der Waals surface area (Å²) in [5.74, 6) is 2.19. The quantitative estimate of drug-likeness (QED) is 0.854. The lowest BCUT2D eigenvalue weighted by molar-refractivity contribution is 0.278. The molecular formula is C15H20ClN3O2. The van der Waals surface area contributed by atoms with Gasteiger partial charge in [0.25, 0.3) is 0 Å². The van der Waals surface area contributed by atoms with Crippen molar-refractivity contribution in [2.24, 2.45) is 0 Å². The smallest absolute Gasteiger partial charge is 0.179 e. The van der Waals surface area contributed by atoms with Gasteiger partial charge < -0.3 is 19.4 Å². The van der Waals surface area contributed by atoms with Crippen molar-refractivity contribution < 1.29 is 9.47 Å². The van der Waals surface area contributed by atoms with E-state index in [1.807, 2.05) is 36.9 Å². The van der Waals surface area contributed by atoms with Crippen molar-refractivity contribution >= 4 is 11.6 Å². The van der Waals surface area contributed by atoms with Crippen LogP contribution in [0.1, 0.15) is 11.4 Å². The van der Waals surface area contributed by atoms with Crippen molar-refractivity contribution in [1.29, 1.82) is 0 Å². The molecule has 0 amide bonds. The maximum absolute atomic E-state index is 6.29. The number of hydrogen-bond acceptors (Lipinski definition) is 4. The van der Waals surface area contributed by atoms with Gasteiger partial charge in [-0.05, 0) is 31.7 Å². The molecule has 0 radical (unpaired) electrons. The second-order valence-electron chi connectivity index (χ2n) is 4.66. The highest BCUT2D eigenvalue weighted by Crippen LogP contribution is 2.36. The first-order valence-corrected chi connectivity index (χ1v) is 7.15. The molecule has 0 unspecified atom stereocenters. The molecule has 21 heavy (non-hydrogen) atoms. The molecule has 0 aliphatic rings. The number of aromatic nitrogens is 2. The number of halogens is 1. The maximum Gasteiger partial charge on any atom is 0.179 e. The molecular weight excluding hydrogens is 290 g/mol. The molecule has 0 aliphatic carbocycles. The van der Waals surface area contributed by atoms with E-state index in [4.69, 9.17) is 21.1 Å². The minimum atomic E-state index is 0.499. The van der Waals surface area contributed by atoms with E-state index >= 15 is 0 Å². The average Bonchev–Trinajstić information content (AvgIpc) is 2.86.